The molecule has 4 rings (SSSR count). The summed E-state index contributed by atoms with van der Waals surface area (Å²) in [7, 11) is 2.17. The summed E-state index contributed by atoms with van der Waals surface area (Å²) in [4.78, 5) is 22.0. The molecule has 6 heteroatoms. The van der Waals surface area contributed by atoms with Gasteiger partial charge < -0.3 is 14.5 Å². The van der Waals surface area contributed by atoms with Gasteiger partial charge in [0.05, 0.1) is 11.1 Å². The quantitative estimate of drug-likeness (QED) is 0.794. The molecule has 3 heterocycles. The molecule has 0 aliphatic carbocycles. The summed E-state index contributed by atoms with van der Waals surface area (Å²) >= 11 is 0. The predicted octanol–water partition coefficient (Wildman–Crippen LogP) is 3.02. The minimum absolute atomic E-state index is 0.247. The van der Waals surface area contributed by atoms with Crippen LogP contribution in [0.5, 0.6) is 0 Å². The van der Waals surface area contributed by atoms with Crippen LogP contribution in [0.1, 0.15) is 19.3 Å². The van der Waals surface area contributed by atoms with E-state index in [0.29, 0.717) is 22.9 Å². The first-order valence-electron chi connectivity index (χ1n) is 8.66. The van der Waals surface area contributed by atoms with Crippen molar-refractivity contribution >= 4 is 10.9 Å². The van der Waals surface area contributed by atoms with Crippen molar-refractivity contribution in [1.82, 2.24) is 19.4 Å². The third-order valence-corrected chi connectivity index (χ3v) is 5.14. The summed E-state index contributed by atoms with van der Waals surface area (Å²) in [6.45, 7) is 1.98. The summed E-state index contributed by atoms with van der Waals surface area (Å²) in [5, 5.41) is 0.793. The molecule has 3 aromatic rings. The number of aromatic amines is 1. The van der Waals surface area contributed by atoms with E-state index in [0.717, 1.165) is 24.9 Å². The lowest BCUT2D eigenvalue weighted by atomic mass is 10.1. The zero-order valence-corrected chi connectivity index (χ0v) is 14.2. The van der Waals surface area contributed by atoms with Crippen molar-refractivity contribution in [2.45, 2.75) is 31.8 Å². The molecule has 25 heavy (non-hydrogen) atoms. The summed E-state index contributed by atoms with van der Waals surface area (Å²) in [5.74, 6) is 0.297. The number of fused-ring (bicyclic) bond motifs is 1. The van der Waals surface area contributed by atoms with E-state index in [-0.39, 0.29) is 11.4 Å². The highest BCUT2D eigenvalue weighted by Gasteiger charge is 2.21. The molecule has 130 valence electrons. The van der Waals surface area contributed by atoms with E-state index in [9.17, 15) is 9.18 Å². The Morgan fingerprint density at radius 1 is 1.36 bits per heavy atom. The molecule has 1 N–H and O–H groups in total. The van der Waals surface area contributed by atoms with Gasteiger partial charge in [-0.2, -0.15) is 0 Å². The van der Waals surface area contributed by atoms with Crippen LogP contribution in [0.4, 0.5) is 4.39 Å². The summed E-state index contributed by atoms with van der Waals surface area (Å²) < 4.78 is 15.4. The first-order chi connectivity index (χ1) is 12.1. The maximum Gasteiger partial charge on any atom is 0.259 e. The van der Waals surface area contributed by atoms with Gasteiger partial charge in [0.1, 0.15) is 11.6 Å². The Morgan fingerprint density at radius 3 is 3.04 bits per heavy atom. The van der Waals surface area contributed by atoms with Crippen molar-refractivity contribution in [3.8, 4) is 11.4 Å². The van der Waals surface area contributed by atoms with Gasteiger partial charge in [-0.05, 0) is 62.5 Å². The highest BCUT2D eigenvalue weighted by atomic mass is 19.1. The number of nitrogens with zero attached hydrogens (tertiary/aromatic N) is 3. The molecule has 1 saturated heterocycles. The van der Waals surface area contributed by atoms with E-state index < -0.39 is 0 Å². The van der Waals surface area contributed by atoms with Gasteiger partial charge in [0, 0.05) is 25.0 Å². The molecule has 0 amide bonds. The number of benzene rings is 1. The number of halogens is 1. The summed E-state index contributed by atoms with van der Waals surface area (Å²) in [6, 6.07) is 6.78. The molecule has 2 aromatic heterocycles. The molecular weight excluding hydrogens is 319 g/mol. The molecule has 1 aromatic carbocycles. The number of H-pyrrole nitrogens is 1. The van der Waals surface area contributed by atoms with Gasteiger partial charge in [-0.3, -0.25) is 4.79 Å². The fourth-order valence-corrected chi connectivity index (χ4v) is 3.71. The van der Waals surface area contributed by atoms with Crippen molar-refractivity contribution in [3.63, 3.8) is 0 Å². The first kappa shape index (κ1) is 16.0. The van der Waals surface area contributed by atoms with E-state index in [1.54, 1.807) is 18.3 Å². The number of likely N-dealkylation sites (tertiary alicyclic amines) is 1. The fourth-order valence-electron chi connectivity index (χ4n) is 3.71. The zero-order valence-electron chi connectivity index (χ0n) is 14.2. The number of hydrogen-bond donors (Lipinski definition) is 1. The molecule has 1 unspecified atom stereocenters. The van der Waals surface area contributed by atoms with Gasteiger partial charge in [0.25, 0.3) is 5.56 Å². The number of aryl methyl sites for hydroxylation is 1. The number of imidazole rings is 1. The van der Waals surface area contributed by atoms with Gasteiger partial charge in [0.15, 0.2) is 0 Å². The molecular formula is C19H21FN4O. The van der Waals surface area contributed by atoms with Gasteiger partial charge in [-0.15, -0.1) is 0 Å². The van der Waals surface area contributed by atoms with Gasteiger partial charge in [-0.25, -0.2) is 9.37 Å². The lowest BCUT2D eigenvalue weighted by Crippen LogP contribution is -2.26. The van der Waals surface area contributed by atoms with E-state index >= 15 is 0 Å². The second kappa shape index (κ2) is 6.44. The first-order valence-corrected chi connectivity index (χ1v) is 8.66. The molecule has 0 saturated carbocycles. The molecule has 1 fully saturated rings. The second-order valence-corrected chi connectivity index (χ2v) is 6.75. The van der Waals surface area contributed by atoms with Crippen LogP contribution in [0.25, 0.3) is 22.3 Å². The monoisotopic (exact) mass is 340 g/mol. The van der Waals surface area contributed by atoms with Crippen LogP contribution >= 0.6 is 0 Å². The van der Waals surface area contributed by atoms with Crippen LogP contribution in [0.2, 0.25) is 0 Å². The largest absolute Gasteiger partial charge is 0.331 e. The standard InChI is InChI=1S/C19H21FN4O/c1-23-8-2-3-15(23)6-9-24-10-7-21-18(24)16-11-13-4-5-14(20)12-17(13)22-19(16)25/h4-5,7,10-12,15H,2-3,6,8-9H2,1H3,(H,22,25). The van der Waals surface area contributed by atoms with Crippen LogP contribution in [-0.2, 0) is 6.54 Å². The van der Waals surface area contributed by atoms with Crippen molar-refractivity contribution in [3.05, 3.63) is 52.8 Å². The van der Waals surface area contributed by atoms with Crippen LogP contribution in [0, 0.1) is 5.82 Å². The fraction of sp³-hybridized carbons (Fsp3) is 0.368. The maximum atomic E-state index is 13.3. The van der Waals surface area contributed by atoms with E-state index in [2.05, 4.69) is 21.9 Å². The van der Waals surface area contributed by atoms with Crippen molar-refractivity contribution < 1.29 is 4.39 Å². The second-order valence-electron chi connectivity index (χ2n) is 6.75. The zero-order chi connectivity index (χ0) is 17.4. The van der Waals surface area contributed by atoms with E-state index in [1.807, 2.05) is 10.8 Å². The Morgan fingerprint density at radius 2 is 2.24 bits per heavy atom. The van der Waals surface area contributed by atoms with Crippen LogP contribution < -0.4 is 5.56 Å². The van der Waals surface area contributed by atoms with Crippen LogP contribution in [0.3, 0.4) is 0 Å². The lowest BCUT2D eigenvalue weighted by Gasteiger charge is -2.19. The van der Waals surface area contributed by atoms with Crippen LogP contribution in [0.15, 0.2) is 41.5 Å². The Kier molecular flexibility index (Phi) is 4.13. The molecule has 0 bridgehead atoms. The highest BCUT2D eigenvalue weighted by molar-refractivity contribution is 5.82. The lowest BCUT2D eigenvalue weighted by molar-refractivity contribution is 0.286. The minimum atomic E-state index is -0.363. The van der Waals surface area contributed by atoms with Crippen molar-refractivity contribution in [2.75, 3.05) is 13.6 Å². The van der Waals surface area contributed by atoms with Gasteiger partial charge in [0.2, 0.25) is 0 Å². The number of pyridine rings is 1. The third kappa shape index (κ3) is 3.09. The van der Waals surface area contributed by atoms with Crippen molar-refractivity contribution in [1.29, 1.82) is 0 Å². The molecule has 1 aliphatic heterocycles. The average Bonchev–Trinajstić information content (AvgIpc) is 3.21. The number of nitrogens with one attached hydrogen (secondary N) is 1. The Balaban J connectivity index is 1.65. The number of hydrogen-bond acceptors (Lipinski definition) is 3. The predicted molar refractivity (Wildman–Crippen MR) is 96.0 cm³/mol. The summed E-state index contributed by atoms with van der Waals surface area (Å²) in [6.07, 6.45) is 7.15. The molecule has 0 spiro atoms. The third-order valence-electron chi connectivity index (χ3n) is 5.14. The topological polar surface area (TPSA) is 53.9 Å². The molecule has 0 radical (unpaired) electrons. The van der Waals surface area contributed by atoms with Gasteiger partial charge >= 0.3 is 0 Å². The maximum absolute atomic E-state index is 13.3. The van der Waals surface area contributed by atoms with Gasteiger partial charge in [-0.1, -0.05) is 0 Å². The number of rotatable bonds is 4. The minimum Gasteiger partial charge on any atom is -0.331 e. The molecule has 1 aliphatic rings. The van der Waals surface area contributed by atoms with E-state index in [1.165, 1.54) is 25.0 Å². The normalized spacial score (nSPS) is 18.2. The highest BCUT2D eigenvalue weighted by Crippen LogP contribution is 2.22. The number of aromatic nitrogens is 3. The van der Waals surface area contributed by atoms with E-state index in [4.69, 9.17) is 0 Å². The summed E-state index contributed by atoms with van der Waals surface area (Å²) in [5.41, 5.74) is 0.770. The average molecular weight is 340 g/mol. The Labute approximate surface area is 145 Å². The molecule has 1 atom stereocenters. The molecule has 5 nitrogen and oxygen atoms in total. The smallest absolute Gasteiger partial charge is 0.259 e. The van der Waals surface area contributed by atoms with Crippen LogP contribution in [-0.4, -0.2) is 39.1 Å². The Hall–Kier alpha value is -2.47. The van der Waals surface area contributed by atoms with Crippen molar-refractivity contribution in [2.24, 2.45) is 0 Å². The SMILES string of the molecule is CN1CCCC1CCn1ccnc1-c1cc2ccc(F)cc2[nH]c1=O. The Bertz CT molecular complexity index is 961.